The first-order valence-electron chi connectivity index (χ1n) is 7.32. The Morgan fingerprint density at radius 1 is 1.26 bits per heavy atom. The minimum absolute atomic E-state index is 0.239. The molecular formula is C16H18N2O4S. The predicted molar refractivity (Wildman–Crippen MR) is 86.0 cm³/mol. The fourth-order valence-corrected chi connectivity index (χ4v) is 3.73. The number of nitrogens with one attached hydrogen (secondary N) is 1. The molecule has 0 saturated heterocycles. The van der Waals surface area contributed by atoms with Gasteiger partial charge in [-0.15, -0.1) is 0 Å². The zero-order valence-electron chi connectivity index (χ0n) is 12.9. The lowest BCUT2D eigenvalue weighted by atomic mass is 10.2. The Kier molecular flexibility index (Phi) is 4.23. The third-order valence-corrected chi connectivity index (χ3v) is 5.03. The van der Waals surface area contributed by atoms with Crippen LogP contribution in [0.1, 0.15) is 30.0 Å². The SMILES string of the molecule is CCc1ccc([C@H](COC)N=C2NS(=O)(=O)c3ccccc32)o1. The molecule has 0 aliphatic carbocycles. The van der Waals surface area contributed by atoms with Crippen molar-refractivity contribution in [1.29, 1.82) is 0 Å². The second-order valence-electron chi connectivity index (χ2n) is 5.21. The maximum Gasteiger partial charge on any atom is 0.263 e. The van der Waals surface area contributed by atoms with Crippen LogP contribution < -0.4 is 4.72 Å². The molecule has 0 saturated carbocycles. The number of aryl methyl sites for hydroxylation is 1. The number of methoxy groups -OCH3 is 1. The molecule has 6 nitrogen and oxygen atoms in total. The number of hydrogen-bond acceptors (Lipinski definition) is 5. The number of ether oxygens (including phenoxy) is 1. The number of fused-ring (bicyclic) bond motifs is 1. The van der Waals surface area contributed by atoms with Crippen LogP contribution in [0.15, 0.2) is 50.7 Å². The number of hydrogen-bond donors (Lipinski definition) is 1. The Balaban J connectivity index is 2.01. The van der Waals surface area contributed by atoms with Crippen molar-refractivity contribution in [3.63, 3.8) is 0 Å². The summed E-state index contributed by atoms with van der Waals surface area (Å²) in [5.74, 6) is 1.82. The van der Waals surface area contributed by atoms with E-state index in [2.05, 4.69) is 9.71 Å². The average molecular weight is 334 g/mol. The van der Waals surface area contributed by atoms with E-state index in [4.69, 9.17) is 9.15 Å². The summed E-state index contributed by atoms with van der Waals surface area (Å²) in [5.41, 5.74) is 0.566. The van der Waals surface area contributed by atoms with Crippen LogP contribution in [0, 0.1) is 0 Å². The van der Waals surface area contributed by atoms with Crippen LogP contribution in [0.25, 0.3) is 0 Å². The maximum atomic E-state index is 12.1. The highest BCUT2D eigenvalue weighted by Gasteiger charge is 2.31. The maximum absolute atomic E-state index is 12.1. The van der Waals surface area contributed by atoms with Crippen LogP contribution >= 0.6 is 0 Å². The van der Waals surface area contributed by atoms with E-state index in [1.807, 2.05) is 19.1 Å². The lowest BCUT2D eigenvalue weighted by Crippen LogP contribution is -2.23. The summed E-state index contributed by atoms with van der Waals surface area (Å²) in [5, 5.41) is 0. The molecule has 0 amide bonds. The molecule has 0 unspecified atom stereocenters. The first kappa shape index (κ1) is 15.8. The quantitative estimate of drug-likeness (QED) is 0.909. The van der Waals surface area contributed by atoms with Crippen molar-refractivity contribution < 1.29 is 17.6 Å². The van der Waals surface area contributed by atoms with Crippen LogP contribution in [0.2, 0.25) is 0 Å². The molecule has 0 bridgehead atoms. The molecule has 2 heterocycles. The summed E-state index contributed by atoms with van der Waals surface area (Å²) in [4.78, 5) is 4.77. The highest BCUT2D eigenvalue weighted by Crippen LogP contribution is 2.26. The monoisotopic (exact) mass is 334 g/mol. The molecular weight excluding hydrogens is 316 g/mol. The number of rotatable bonds is 5. The van der Waals surface area contributed by atoms with E-state index in [0.29, 0.717) is 23.8 Å². The third kappa shape index (κ3) is 3.02. The van der Waals surface area contributed by atoms with E-state index in [-0.39, 0.29) is 4.90 Å². The second kappa shape index (κ2) is 6.17. The van der Waals surface area contributed by atoms with Crippen molar-refractivity contribution in [3.8, 4) is 0 Å². The van der Waals surface area contributed by atoms with E-state index in [9.17, 15) is 8.42 Å². The van der Waals surface area contributed by atoms with Crippen LogP contribution in [0.5, 0.6) is 0 Å². The lowest BCUT2D eigenvalue weighted by Gasteiger charge is -2.10. The minimum Gasteiger partial charge on any atom is -0.464 e. The Morgan fingerprint density at radius 2 is 2.04 bits per heavy atom. The summed E-state index contributed by atoms with van der Waals surface area (Å²) in [6.45, 7) is 2.30. The number of sulfonamides is 1. The molecule has 2 aromatic rings. The molecule has 122 valence electrons. The molecule has 1 aromatic carbocycles. The van der Waals surface area contributed by atoms with Crippen LogP contribution in [0.4, 0.5) is 0 Å². The number of benzene rings is 1. The summed E-state index contributed by atoms with van der Waals surface area (Å²) < 4.78 is 37.7. The minimum atomic E-state index is -3.55. The van der Waals surface area contributed by atoms with E-state index in [1.165, 1.54) is 0 Å². The Bertz CT molecular complexity index is 839. The standard InChI is InChI=1S/C16H18N2O4S/c1-3-11-8-9-14(22-11)13(10-21-2)17-16-12-6-4-5-7-15(12)23(19,20)18-16/h4-9,13H,3,10H2,1-2H3,(H,17,18)/t13-/m0/s1. The molecule has 3 rings (SSSR count). The van der Waals surface area contributed by atoms with Crippen molar-refractivity contribution in [2.75, 3.05) is 13.7 Å². The predicted octanol–water partition coefficient (Wildman–Crippen LogP) is 2.27. The van der Waals surface area contributed by atoms with Gasteiger partial charge in [0.15, 0.2) is 0 Å². The summed E-state index contributed by atoms with van der Waals surface area (Å²) in [6, 6.07) is 10.1. The van der Waals surface area contributed by atoms with E-state index in [1.54, 1.807) is 31.4 Å². The molecule has 23 heavy (non-hydrogen) atoms. The van der Waals surface area contributed by atoms with Crippen LogP contribution in [0.3, 0.4) is 0 Å². The molecule has 1 N–H and O–H groups in total. The molecule has 0 fully saturated rings. The van der Waals surface area contributed by atoms with Crippen molar-refractivity contribution in [2.45, 2.75) is 24.3 Å². The number of furan rings is 1. The van der Waals surface area contributed by atoms with Gasteiger partial charge in [-0.05, 0) is 24.3 Å². The van der Waals surface area contributed by atoms with Crippen LogP contribution in [-0.4, -0.2) is 28.0 Å². The van der Waals surface area contributed by atoms with Gasteiger partial charge in [0, 0.05) is 19.1 Å². The van der Waals surface area contributed by atoms with E-state index < -0.39 is 16.1 Å². The Morgan fingerprint density at radius 3 is 2.74 bits per heavy atom. The second-order valence-corrected chi connectivity index (χ2v) is 6.86. The van der Waals surface area contributed by atoms with Gasteiger partial charge in [-0.3, -0.25) is 9.71 Å². The molecule has 0 spiro atoms. The van der Waals surface area contributed by atoms with Gasteiger partial charge in [0.2, 0.25) is 0 Å². The number of amidine groups is 1. The van der Waals surface area contributed by atoms with Crippen molar-refractivity contribution in [2.24, 2.45) is 4.99 Å². The Labute approximate surface area is 135 Å². The summed E-state index contributed by atoms with van der Waals surface area (Å²) in [7, 11) is -1.98. The van der Waals surface area contributed by atoms with Crippen molar-refractivity contribution in [1.82, 2.24) is 4.72 Å². The first-order chi connectivity index (χ1) is 11.0. The molecule has 7 heteroatoms. The fraction of sp³-hybridized carbons (Fsp3) is 0.312. The van der Waals surface area contributed by atoms with Crippen LogP contribution in [-0.2, 0) is 21.2 Å². The largest absolute Gasteiger partial charge is 0.464 e. The summed E-state index contributed by atoms with van der Waals surface area (Å²) in [6.07, 6.45) is 0.783. The molecule has 0 radical (unpaired) electrons. The van der Waals surface area contributed by atoms with Gasteiger partial charge in [0.05, 0.1) is 11.5 Å². The summed E-state index contributed by atoms with van der Waals surface area (Å²) >= 11 is 0. The van der Waals surface area contributed by atoms with Gasteiger partial charge in [-0.25, -0.2) is 8.42 Å². The molecule has 1 atom stereocenters. The molecule has 1 aliphatic rings. The topological polar surface area (TPSA) is 80.9 Å². The first-order valence-corrected chi connectivity index (χ1v) is 8.81. The smallest absolute Gasteiger partial charge is 0.263 e. The molecule has 1 aliphatic heterocycles. The normalized spacial score (nSPS) is 18.6. The van der Waals surface area contributed by atoms with Crippen molar-refractivity contribution in [3.05, 3.63) is 53.5 Å². The number of aliphatic imine (C=N–C) groups is 1. The van der Waals surface area contributed by atoms with Crippen molar-refractivity contribution >= 4 is 15.9 Å². The molecule has 1 aromatic heterocycles. The lowest BCUT2D eigenvalue weighted by molar-refractivity contribution is 0.172. The zero-order valence-corrected chi connectivity index (χ0v) is 13.8. The fourth-order valence-electron chi connectivity index (χ4n) is 2.49. The van der Waals surface area contributed by atoms with Gasteiger partial charge in [0.25, 0.3) is 10.0 Å². The van der Waals surface area contributed by atoms with Gasteiger partial charge in [-0.1, -0.05) is 19.1 Å². The van der Waals surface area contributed by atoms with Gasteiger partial charge in [0.1, 0.15) is 23.4 Å². The van der Waals surface area contributed by atoms with Gasteiger partial charge < -0.3 is 9.15 Å². The Hall–Kier alpha value is -2.12. The highest BCUT2D eigenvalue weighted by molar-refractivity contribution is 7.90. The zero-order chi connectivity index (χ0) is 16.4. The van der Waals surface area contributed by atoms with Gasteiger partial charge >= 0.3 is 0 Å². The highest BCUT2D eigenvalue weighted by atomic mass is 32.2. The number of nitrogens with zero attached hydrogens (tertiary/aromatic N) is 1. The van der Waals surface area contributed by atoms with E-state index >= 15 is 0 Å². The van der Waals surface area contributed by atoms with E-state index in [0.717, 1.165) is 12.2 Å². The van der Waals surface area contributed by atoms with Gasteiger partial charge in [-0.2, -0.15) is 0 Å². The third-order valence-electron chi connectivity index (χ3n) is 3.63. The average Bonchev–Trinajstić information content (AvgIpc) is 3.11.